The molecule has 2 aromatic heterocycles. The molecule has 5 rings (SSSR count). The molecule has 3 heteroatoms. The molecule has 0 fully saturated rings. The zero-order valence-corrected chi connectivity index (χ0v) is 17.1. The summed E-state index contributed by atoms with van der Waals surface area (Å²) in [6.07, 6.45) is 8.03. The van der Waals surface area contributed by atoms with Gasteiger partial charge in [-0.15, -0.1) is 0 Å². The van der Waals surface area contributed by atoms with Crippen LogP contribution in [-0.4, -0.2) is 9.55 Å². The highest BCUT2D eigenvalue weighted by atomic mass is 79.9. The second-order valence-corrected chi connectivity index (χ2v) is 7.69. The first-order valence-electron chi connectivity index (χ1n) is 9.32. The fourth-order valence-corrected chi connectivity index (χ4v) is 4.69. The number of halogens is 1. The van der Waals surface area contributed by atoms with Crippen LogP contribution in [0.2, 0.25) is 0 Å². The minimum Gasteiger partial charge on any atom is -0.354 e. The van der Waals surface area contributed by atoms with Crippen molar-refractivity contribution in [3.63, 3.8) is 0 Å². The minimum absolute atomic E-state index is 1.07. The summed E-state index contributed by atoms with van der Waals surface area (Å²) in [4.78, 5) is 3.59. The smallest absolute Gasteiger partial charge is 0.0617 e. The second kappa shape index (κ2) is 6.54. The van der Waals surface area contributed by atoms with E-state index in [4.69, 9.17) is 0 Å². The Bertz CT molecular complexity index is 1440. The number of para-hydroxylation sites is 2. The van der Waals surface area contributed by atoms with Crippen molar-refractivity contribution < 1.29 is 0 Å². The maximum atomic E-state index is 3.82. The summed E-state index contributed by atoms with van der Waals surface area (Å²) >= 11 is 3.81. The van der Waals surface area contributed by atoms with Crippen LogP contribution in [0.15, 0.2) is 90.0 Å². The summed E-state index contributed by atoms with van der Waals surface area (Å²) in [5.74, 6) is 0. The third kappa shape index (κ3) is 2.33. The molecule has 0 bridgehead atoms. The molecule has 0 saturated carbocycles. The molecule has 0 spiro atoms. The number of aromatic amines is 1. The van der Waals surface area contributed by atoms with Gasteiger partial charge in [-0.1, -0.05) is 61.2 Å². The normalized spacial score (nSPS) is 12.9. The lowest BCUT2D eigenvalue weighted by molar-refractivity contribution is 1.23. The Hall–Kier alpha value is -3.04. The first kappa shape index (κ1) is 17.1. The van der Waals surface area contributed by atoms with E-state index >= 15 is 0 Å². The van der Waals surface area contributed by atoms with E-state index in [2.05, 4.69) is 106 Å². The Kier molecular flexibility index (Phi) is 3.99. The summed E-state index contributed by atoms with van der Waals surface area (Å²) in [5.41, 5.74) is 5.80. The van der Waals surface area contributed by atoms with E-state index in [0.29, 0.717) is 0 Å². The number of hydrogen-bond donors (Lipinski definition) is 1. The molecule has 0 aliphatic rings. The third-order valence-electron chi connectivity index (χ3n) is 5.33. The number of nitrogens with one attached hydrogen (secondary N) is 1. The van der Waals surface area contributed by atoms with E-state index in [1.807, 2.05) is 12.2 Å². The van der Waals surface area contributed by atoms with Gasteiger partial charge in [0.2, 0.25) is 0 Å². The van der Waals surface area contributed by atoms with Gasteiger partial charge in [0.15, 0.2) is 0 Å². The lowest BCUT2D eigenvalue weighted by Crippen LogP contribution is -1.94. The molecule has 2 heterocycles. The van der Waals surface area contributed by atoms with Crippen molar-refractivity contribution in [2.45, 2.75) is 6.92 Å². The van der Waals surface area contributed by atoms with Crippen molar-refractivity contribution in [2.75, 3.05) is 0 Å². The molecular weight excluding hydrogens is 408 g/mol. The molecule has 0 saturated heterocycles. The van der Waals surface area contributed by atoms with Crippen LogP contribution in [0.3, 0.4) is 0 Å². The number of hydrogen-bond acceptors (Lipinski definition) is 0. The van der Waals surface area contributed by atoms with E-state index in [0.717, 1.165) is 21.2 Å². The number of H-pyrrole nitrogens is 1. The molecule has 1 N–H and O–H groups in total. The highest BCUT2D eigenvalue weighted by Crippen LogP contribution is 2.42. The van der Waals surface area contributed by atoms with E-state index in [9.17, 15) is 0 Å². The van der Waals surface area contributed by atoms with Crippen LogP contribution in [0, 0.1) is 0 Å². The van der Waals surface area contributed by atoms with Gasteiger partial charge in [-0.25, -0.2) is 0 Å². The van der Waals surface area contributed by atoms with Gasteiger partial charge in [-0.05, 0) is 47.1 Å². The average molecular weight is 427 g/mol. The summed E-state index contributed by atoms with van der Waals surface area (Å²) in [7, 11) is 0. The fourth-order valence-electron chi connectivity index (χ4n) is 4.18. The van der Waals surface area contributed by atoms with Crippen molar-refractivity contribution in [1.29, 1.82) is 0 Å². The summed E-state index contributed by atoms with van der Waals surface area (Å²) < 4.78 is 3.40. The standard InChI is InChI=1S/C25H19BrN2/c1-3-5-10-16(4-2)28-21-14-9-7-12-18(21)23-22(28)15-19(26)25-24(23)17-11-6-8-13-20(17)27-25/h3-15,27H,1H2,2H3/b10-5-,16-4+. The van der Waals surface area contributed by atoms with E-state index < -0.39 is 0 Å². The fraction of sp³-hybridized carbons (Fsp3) is 0.0400. The first-order valence-corrected chi connectivity index (χ1v) is 10.1. The maximum absolute atomic E-state index is 3.82. The summed E-state index contributed by atoms with van der Waals surface area (Å²) in [6, 6.07) is 19.3. The molecule has 5 aromatic rings. The second-order valence-electron chi connectivity index (χ2n) is 6.83. The number of rotatable bonds is 3. The quantitative estimate of drug-likeness (QED) is 0.284. The number of fused-ring (bicyclic) bond motifs is 7. The van der Waals surface area contributed by atoms with Gasteiger partial charge in [0.25, 0.3) is 0 Å². The predicted molar refractivity (Wildman–Crippen MR) is 126 cm³/mol. The lowest BCUT2D eigenvalue weighted by atomic mass is 10.1. The molecule has 28 heavy (non-hydrogen) atoms. The molecule has 2 nitrogen and oxygen atoms in total. The largest absolute Gasteiger partial charge is 0.354 e. The highest BCUT2D eigenvalue weighted by molar-refractivity contribution is 9.10. The number of benzene rings is 3. The first-order chi connectivity index (χ1) is 13.7. The van der Waals surface area contributed by atoms with Crippen LogP contribution >= 0.6 is 15.9 Å². The molecule has 0 atom stereocenters. The van der Waals surface area contributed by atoms with Crippen molar-refractivity contribution in [3.05, 3.63) is 90.0 Å². The van der Waals surface area contributed by atoms with Crippen molar-refractivity contribution >= 4 is 65.2 Å². The number of aromatic nitrogens is 2. The zero-order chi connectivity index (χ0) is 19.3. The molecular formula is C25H19BrN2. The third-order valence-corrected chi connectivity index (χ3v) is 5.95. The van der Waals surface area contributed by atoms with Crippen LogP contribution in [0.25, 0.3) is 49.3 Å². The van der Waals surface area contributed by atoms with Gasteiger partial charge in [0.05, 0.1) is 16.6 Å². The van der Waals surface area contributed by atoms with Gasteiger partial charge in [0, 0.05) is 37.2 Å². The Morgan fingerprint density at radius 3 is 2.54 bits per heavy atom. The number of allylic oxidation sites excluding steroid dienone is 5. The Labute approximate surface area is 171 Å². The van der Waals surface area contributed by atoms with E-state index in [1.54, 1.807) is 0 Å². The lowest BCUT2D eigenvalue weighted by Gasteiger charge is -2.09. The van der Waals surface area contributed by atoms with E-state index in [-0.39, 0.29) is 0 Å². The molecule has 0 amide bonds. The maximum Gasteiger partial charge on any atom is 0.0617 e. The molecule has 3 aromatic carbocycles. The molecule has 136 valence electrons. The van der Waals surface area contributed by atoms with Gasteiger partial charge in [0.1, 0.15) is 0 Å². The van der Waals surface area contributed by atoms with Gasteiger partial charge in [-0.3, -0.25) is 0 Å². The van der Waals surface area contributed by atoms with Crippen molar-refractivity contribution in [2.24, 2.45) is 0 Å². The van der Waals surface area contributed by atoms with Crippen LogP contribution < -0.4 is 0 Å². The van der Waals surface area contributed by atoms with Crippen LogP contribution in [0.4, 0.5) is 0 Å². The van der Waals surface area contributed by atoms with Gasteiger partial charge in [-0.2, -0.15) is 0 Å². The topological polar surface area (TPSA) is 20.7 Å². The average Bonchev–Trinajstić information content (AvgIpc) is 3.25. The summed E-state index contributed by atoms with van der Waals surface area (Å²) in [5, 5.41) is 5.04. The van der Waals surface area contributed by atoms with Gasteiger partial charge >= 0.3 is 0 Å². The molecule has 0 aliphatic heterocycles. The Balaban J connectivity index is 2.07. The Morgan fingerprint density at radius 1 is 1.00 bits per heavy atom. The SMILES string of the molecule is C=C/C=C\C(=C/C)n1c2ccccc2c2c3c([nH]c4ccccc43)c(Br)cc21. The highest BCUT2D eigenvalue weighted by Gasteiger charge is 2.19. The van der Waals surface area contributed by atoms with Crippen LogP contribution in [0.1, 0.15) is 6.92 Å². The monoisotopic (exact) mass is 426 g/mol. The van der Waals surface area contributed by atoms with Crippen LogP contribution in [-0.2, 0) is 0 Å². The summed E-state index contributed by atoms with van der Waals surface area (Å²) in [6.45, 7) is 5.89. The zero-order valence-electron chi connectivity index (χ0n) is 15.5. The molecule has 0 unspecified atom stereocenters. The van der Waals surface area contributed by atoms with Crippen LogP contribution in [0.5, 0.6) is 0 Å². The van der Waals surface area contributed by atoms with Crippen molar-refractivity contribution in [1.82, 2.24) is 9.55 Å². The molecule has 0 radical (unpaired) electrons. The minimum atomic E-state index is 1.07. The predicted octanol–water partition coefficient (Wildman–Crippen LogP) is 7.79. The number of nitrogens with zero attached hydrogens (tertiary/aromatic N) is 1. The van der Waals surface area contributed by atoms with Crippen molar-refractivity contribution in [3.8, 4) is 0 Å². The molecule has 0 aliphatic carbocycles. The van der Waals surface area contributed by atoms with Gasteiger partial charge < -0.3 is 9.55 Å². The Morgan fingerprint density at radius 2 is 1.75 bits per heavy atom. The van der Waals surface area contributed by atoms with E-state index in [1.165, 1.54) is 32.6 Å².